The molecular weight excluding hydrogens is 424 g/mol. The normalized spacial score (nSPS) is 21.1. The van der Waals surface area contributed by atoms with Crippen LogP contribution in [0.2, 0.25) is 0 Å². The highest BCUT2D eigenvalue weighted by Crippen LogP contribution is 2.45. The summed E-state index contributed by atoms with van der Waals surface area (Å²) in [6.45, 7) is 8.98. The maximum Gasteiger partial charge on any atom is 0.170 e. The second kappa shape index (κ2) is 8.94. The Kier molecular flexibility index (Phi) is 6.00. The van der Waals surface area contributed by atoms with Gasteiger partial charge in [0.1, 0.15) is 0 Å². The molecule has 1 saturated heterocycles. The SMILES string of the molecule is CCc1cccc(C)c1-n1c(C)cc([C@@H]2[C@@H](c3ccccn3)NC(=S)N2C2CCCC2)c1C. The molecule has 0 spiro atoms. The maximum atomic E-state index is 5.95. The number of pyridine rings is 1. The molecule has 0 radical (unpaired) electrons. The fourth-order valence-corrected chi connectivity index (χ4v) is 6.42. The number of benzene rings is 1. The van der Waals surface area contributed by atoms with Crippen molar-refractivity contribution in [1.82, 2.24) is 19.8 Å². The summed E-state index contributed by atoms with van der Waals surface area (Å²) < 4.78 is 2.47. The minimum absolute atomic E-state index is 0.0516. The van der Waals surface area contributed by atoms with E-state index in [0.717, 1.165) is 17.2 Å². The molecule has 2 aliphatic rings. The van der Waals surface area contributed by atoms with Gasteiger partial charge >= 0.3 is 0 Å². The highest BCUT2D eigenvalue weighted by Gasteiger charge is 2.44. The van der Waals surface area contributed by atoms with Crippen molar-refractivity contribution in [3.05, 3.63) is 82.4 Å². The van der Waals surface area contributed by atoms with Gasteiger partial charge in [-0.2, -0.15) is 0 Å². The first kappa shape index (κ1) is 22.1. The van der Waals surface area contributed by atoms with Crippen molar-refractivity contribution in [2.24, 2.45) is 0 Å². The van der Waals surface area contributed by atoms with E-state index in [4.69, 9.17) is 17.2 Å². The second-order valence-electron chi connectivity index (χ2n) is 9.57. The van der Waals surface area contributed by atoms with Crippen LogP contribution in [0.5, 0.6) is 0 Å². The molecule has 1 saturated carbocycles. The van der Waals surface area contributed by atoms with Crippen molar-refractivity contribution in [1.29, 1.82) is 0 Å². The Morgan fingerprint density at radius 2 is 1.85 bits per heavy atom. The number of hydrogen-bond acceptors (Lipinski definition) is 2. The average Bonchev–Trinajstić information content (AvgIpc) is 3.52. The summed E-state index contributed by atoms with van der Waals surface area (Å²) in [4.78, 5) is 7.24. The smallest absolute Gasteiger partial charge is 0.170 e. The Morgan fingerprint density at radius 1 is 1.06 bits per heavy atom. The van der Waals surface area contributed by atoms with Crippen LogP contribution < -0.4 is 5.32 Å². The molecule has 1 aromatic carbocycles. The summed E-state index contributed by atoms with van der Waals surface area (Å²) in [7, 11) is 0. The fourth-order valence-electron chi connectivity index (χ4n) is 6.03. The maximum absolute atomic E-state index is 5.95. The van der Waals surface area contributed by atoms with Crippen molar-refractivity contribution < 1.29 is 0 Å². The lowest BCUT2D eigenvalue weighted by Crippen LogP contribution is -2.37. The number of thiocarbonyl (C=S) groups is 1. The van der Waals surface area contributed by atoms with Gasteiger partial charge in [-0.05, 0) is 87.1 Å². The number of aryl methyl sites for hydroxylation is 3. The predicted molar refractivity (Wildman–Crippen MR) is 139 cm³/mol. The molecule has 3 heterocycles. The largest absolute Gasteiger partial charge is 0.352 e. The Labute approximate surface area is 203 Å². The van der Waals surface area contributed by atoms with Crippen molar-refractivity contribution in [2.45, 2.75) is 77.9 Å². The fraction of sp³-hybridized carbons (Fsp3) is 0.429. The third kappa shape index (κ3) is 3.76. The molecule has 3 aromatic rings. The summed E-state index contributed by atoms with van der Waals surface area (Å²) in [5.74, 6) is 0. The summed E-state index contributed by atoms with van der Waals surface area (Å²) in [5, 5.41) is 4.53. The van der Waals surface area contributed by atoms with Crippen LogP contribution in [0.4, 0.5) is 0 Å². The zero-order valence-corrected chi connectivity index (χ0v) is 21.0. The first-order valence-corrected chi connectivity index (χ1v) is 12.7. The molecule has 2 atom stereocenters. The van der Waals surface area contributed by atoms with E-state index in [1.165, 1.54) is 59.4 Å². The minimum Gasteiger partial charge on any atom is -0.352 e. The molecule has 1 aliphatic carbocycles. The molecule has 0 amide bonds. The number of nitrogens with one attached hydrogen (secondary N) is 1. The molecule has 172 valence electrons. The van der Waals surface area contributed by atoms with Gasteiger partial charge in [0.2, 0.25) is 0 Å². The number of hydrogen-bond donors (Lipinski definition) is 1. The van der Waals surface area contributed by atoms with Gasteiger partial charge < -0.3 is 14.8 Å². The van der Waals surface area contributed by atoms with Gasteiger partial charge in [-0.15, -0.1) is 0 Å². The van der Waals surface area contributed by atoms with Gasteiger partial charge in [0.05, 0.1) is 23.5 Å². The van der Waals surface area contributed by atoms with Gasteiger partial charge in [-0.25, -0.2) is 0 Å². The monoisotopic (exact) mass is 458 g/mol. The molecule has 1 aliphatic heterocycles. The van der Waals surface area contributed by atoms with Crippen LogP contribution in [0.3, 0.4) is 0 Å². The standard InChI is InChI=1S/C28H34N4S/c1-5-21-12-10-11-18(2)26(21)31-19(3)17-23(20(31)4)27-25(24-15-8-9-16-29-24)30-28(33)32(27)22-13-6-7-14-22/h8-12,15-17,22,25,27H,5-7,13-14H2,1-4H3,(H,30,33)/t25-,27-/m1/s1. The van der Waals surface area contributed by atoms with E-state index in [-0.39, 0.29) is 12.1 Å². The average molecular weight is 459 g/mol. The zero-order valence-electron chi connectivity index (χ0n) is 20.1. The van der Waals surface area contributed by atoms with Crippen LogP contribution in [0.15, 0.2) is 48.7 Å². The second-order valence-corrected chi connectivity index (χ2v) is 9.96. The lowest BCUT2D eigenvalue weighted by atomic mass is 9.95. The first-order valence-electron chi connectivity index (χ1n) is 12.3. The highest BCUT2D eigenvalue weighted by atomic mass is 32.1. The molecule has 2 fully saturated rings. The zero-order chi connectivity index (χ0) is 23.1. The Balaban J connectivity index is 1.67. The predicted octanol–water partition coefficient (Wildman–Crippen LogP) is 6.28. The van der Waals surface area contributed by atoms with Gasteiger partial charge in [0.25, 0.3) is 0 Å². The first-order chi connectivity index (χ1) is 16.0. The highest BCUT2D eigenvalue weighted by molar-refractivity contribution is 7.80. The number of para-hydroxylation sites is 1. The Hall–Kier alpha value is -2.66. The molecule has 4 nitrogen and oxygen atoms in total. The molecule has 0 unspecified atom stereocenters. The van der Waals surface area contributed by atoms with Gasteiger partial charge in [-0.1, -0.05) is 44.0 Å². The van der Waals surface area contributed by atoms with E-state index in [2.05, 4.69) is 78.9 Å². The van der Waals surface area contributed by atoms with E-state index >= 15 is 0 Å². The molecule has 5 heteroatoms. The van der Waals surface area contributed by atoms with Crippen LogP contribution in [0.25, 0.3) is 5.69 Å². The van der Waals surface area contributed by atoms with E-state index < -0.39 is 0 Å². The summed E-state index contributed by atoms with van der Waals surface area (Å²) >= 11 is 5.95. The summed E-state index contributed by atoms with van der Waals surface area (Å²) in [6, 6.07) is 15.9. The van der Waals surface area contributed by atoms with Gasteiger partial charge in [0.15, 0.2) is 5.11 Å². The molecule has 33 heavy (non-hydrogen) atoms. The molecule has 2 aromatic heterocycles. The summed E-state index contributed by atoms with van der Waals surface area (Å²) in [5.41, 5.74) is 9.02. The van der Waals surface area contributed by atoms with Crippen LogP contribution in [0.1, 0.15) is 78.5 Å². The third-order valence-corrected chi connectivity index (χ3v) is 7.90. The van der Waals surface area contributed by atoms with Crippen LogP contribution in [-0.4, -0.2) is 25.6 Å². The van der Waals surface area contributed by atoms with E-state index in [0.29, 0.717) is 6.04 Å². The van der Waals surface area contributed by atoms with Gasteiger partial charge in [0, 0.05) is 23.6 Å². The third-order valence-electron chi connectivity index (χ3n) is 7.57. The molecule has 0 bridgehead atoms. The summed E-state index contributed by atoms with van der Waals surface area (Å²) in [6.07, 6.45) is 7.90. The van der Waals surface area contributed by atoms with Crippen molar-refractivity contribution in [3.8, 4) is 5.69 Å². The number of rotatable bonds is 5. The van der Waals surface area contributed by atoms with E-state index in [9.17, 15) is 0 Å². The van der Waals surface area contributed by atoms with Crippen molar-refractivity contribution in [3.63, 3.8) is 0 Å². The van der Waals surface area contributed by atoms with Crippen LogP contribution in [-0.2, 0) is 6.42 Å². The topological polar surface area (TPSA) is 33.1 Å². The number of aromatic nitrogens is 2. The molecule has 1 N–H and O–H groups in total. The van der Waals surface area contributed by atoms with Crippen LogP contribution in [0, 0.1) is 20.8 Å². The van der Waals surface area contributed by atoms with E-state index in [1.807, 2.05) is 12.3 Å². The Morgan fingerprint density at radius 3 is 2.55 bits per heavy atom. The minimum atomic E-state index is 0.0516. The van der Waals surface area contributed by atoms with Crippen molar-refractivity contribution in [2.75, 3.05) is 0 Å². The molecular formula is C28H34N4S. The van der Waals surface area contributed by atoms with Gasteiger partial charge in [-0.3, -0.25) is 4.98 Å². The van der Waals surface area contributed by atoms with Crippen LogP contribution >= 0.6 is 12.2 Å². The number of nitrogens with zero attached hydrogens (tertiary/aromatic N) is 3. The molecule has 5 rings (SSSR count). The lowest BCUT2D eigenvalue weighted by Gasteiger charge is -2.33. The Bertz CT molecular complexity index is 1160. The van der Waals surface area contributed by atoms with E-state index in [1.54, 1.807) is 0 Å². The van der Waals surface area contributed by atoms with Crippen molar-refractivity contribution >= 4 is 17.3 Å². The quantitative estimate of drug-likeness (QED) is 0.457. The lowest BCUT2D eigenvalue weighted by molar-refractivity contribution is 0.245.